The van der Waals surface area contributed by atoms with Crippen LogP contribution in [0.5, 0.6) is 11.5 Å². The van der Waals surface area contributed by atoms with Gasteiger partial charge in [-0.25, -0.2) is 0 Å². The third-order valence-electron chi connectivity index (χ3n) is 7.31. The number of hydrogen-bond donors (Lipinski definition) is 2. The van der Waals surface area contributed by atoms with Gasteiger partial charge in [-0.15, -0.1) is 0 Å². The predicted molar refractivity (Wildman–Crippen MR) is 150 cm³/mol. The Morgan fingerprint density at radius 1 is 0.500 bits per heavy atom. The first-order chi connectivity index (χ1) is 18.4. The van der Waals surface area contributed by atoms with Gasteiger partial charge in [0.15, 0.2) is 33.2 Å². The molecule has 0 aliphatic heterocycles. The Labute approximate surface area is 212 Å². The molecule has 0 aliphatic carbocycles. The smallest absolute Gasteiger partial charge is 0.198 e. The van der Waals surface area contributed by atoms with Gasteiger partial charge < -0.3 is 19.4 Å². The summed E-state index contributed by atoms with van der Waals surface area (Å²) >= 11 is 0. The van der Waals surface area contributed by atoms with Crippen LogP contribution < -0.4 is 31.2 Å². The third-order valence-corrected chi connectivity index (χ3v) is 7.31. The third kappa shape index (κ3) is 2.68. The van der Waals surface area contributed by atoms with E-state index in [1.54, 1.807) is 60.7 Å². The number of H-pyrrole nitrogens is 2. The highest BCUT2D eigenvalue weighted by molar-refractivity contribution is 6.15. The van der Waals surface area contributed by atoms with E-state index >= 15 is 0 Å². The van der Waals surface area contributed by atoms with Gasteiger partial charge in [0.25, 0.3) is 0 Å². The van der Waals surface area contributed by atoms with Crippen LogP contribution in [0.3, 0.4) is 0 Å². The Hall–Kier alpha value is -5.24. The maximum Gasteiger partial charge on any atom is 0.198 e. The molecule has 1 aromatic heterocycles. The van der Waals surface area contributed by atoms with Crippen molar-refractivity contribution in [3.05, 3.63) is 102 Å². The Bertz CT molecular complexity index is 2410. The monoisotopic (exact) mass is 502 g/mol. The Kier molecular flexibility index (Phi) is 4.42. The average Bonchev–Trinajstić information content (AvgIpc) is 2.95. The average molecular weight is 502 g/mol. The molecule has 7 rings (SSSR count). The minimum absolute atomic E-state index is 0.158. The number of methoxy groups -OCH3 is 2. The van der Waals surface area contributed by atoms with Crippen LogP contribution in [-0.2, 0) is 0 Å². The Balaban J connectivity index is 1.67. The van der Waals surface area contributed by atoms with Gasteiger partial charge in [0.2, 0.25) is 0 Å². The standard InChI is InChI=1S/C30H18N2O6/c1-37-20-12-9-17-23(30(20)38-2)29(36)16-8-11-19-25(22(16)28(17)35)32-18-10-7-15-21(24(18)31-19)27(34)14-6-4-3-5-13(14)26(15)33/h3-12,31-32H,1-2H3. The van der Waals surface area contributed by atoms with Crippen molar-refractivity contribution in [1.82, 2.24) is 9.97 Å². The van der Waals surface area contributed by atoms with E-state index in [2.05, 4.69) is 9.97 Å². The number of fused-ring (bicyclic) bond motifs is 8. The molecule has 0 unspecified atom stereocenters. The molecule has 0 amide bonds. The normalized spacial score (nSPS) is 11.8. The van der Waals surface area contributed by atoms with Crippen molar-refractivity contribution in [2.45, 2.75) is 0 Å². The molecule has 184 valence electrons. The summed E-state index contributed by atoms with van der Waals surface area (Å²) in [4.78, 5) is 60.5. The fourth-order valence-corrected chi connectivity index (χ4v) is 5.56. The van der Waals surface area contributed by atoms with Crippen molar-refractivity contribution in [3.63, 3.8) is 0 Å². The summed E-state index contributed by atoms with van der Waals surface area (Å²) in [5.41, 5.74) is 0.707. The summed E-state index contributed by atoms with van der Waals surface area (Å²) in [6.07, 6.45) is 0. The minimum Gasteiger partial charge on any atom is -0.493 e. The first kappa shape index (κ1) is 22.0. The molecule has 0 fully saturated rings. The van der Waals surface area contributed by atoms with Crippen LogP contribution in [0.25, 0.3) is 65.2 Å². The minimum atomic E-state index is -0.358. The molecule has 0 bridgehead atoms. The van der Waals surface area contributed by atoms with E-state index in [1.165, 1.54) is 14.2 Å². The van der Waals surface area contributed by atoms with Gasteiger partial charge in [-0.1, -0.05) is 24.3 Å². The number of hydrogen-bond acceptors (Lipinski definition) is 6. The Morgan fingerprint density at radius 3 is 1.55 bits per heavy atom. The van der Waals surface area contributed by atoms with Crippen molar-refractivity contribution in [1.29, 1.82) is 0 Å². The van der Waals surface area contributed by atoms with Gasteiger partial charge in [0, 0.05) is 26.9 Å². The molecule has 0 saturated carbocycles. The van der Waals surface area contributed by atoms with Crippen molar-refractivity contribution < 1.29 is 9.47 Å². The molecule has 38 heavy (non-hydrogen) atoms. The maximum absolute atomic E-state index is 13.8. The van der Waals surface area contributed by atoms with Crippen LogP contribution in [-0.4, -0.2) is 24.2 Å². The molecule has 0 spiro atoms. The van der Waals surface area contributed by atoms with Gasteiger partial charge in [0.1, 0.15) is 0 Å². The summed E-state index contributed by atoms with van der Waals surface area (Å²) in [5, 5.41) is 2.11. The number of aromatic nitrogens is 2. The molecular weight excluding hydrogens is 484 g/mol. The van der Waals surface area contributed by atoms with E-state index in [0.29, 0.717) is 44.0 Å². The molecule has 7 aromatic rings. The van der Waals surface area contributed by atoms with Crippen molar-refractivity contribution in [2.24, 2.45) is 0 Å². The number of rotatable bonds is 2. The van der Waals surface area contributed by atoms with Crippen molar-refractivity contribution in [3.8, 4) is 11.5 Å². The molecule has 8 heteroatoms. The quantitative estimate of drug-likeness (QED) is 0.271. The van der Waals surface area contributed by atoms with Gasteiger partial charge >= 0.3 is 0 Å². The van der Waals surface area contributed by atoms with Gasteiger partial charge in [0.05, 0.1) is 52.4 Å². The number of nitrogens with one attached hydrogen (secondary N) is 2. The molecule has 0 radical (unpaired) electrons. The van der Waals surface area contributed by atoms with Gasteiger partial charge in [-0.3, -0.25) is 19.2 Å². The van der Waals surface area contributed by atoms with Crippen molar-refractivity contribution >= 4 is 65.2 Å². The van der Waals surface area contributed by atoms with Crippen LogP contribution in [0.4, 0.5) is 0 Å². The van der Waals surface area contributed by atoms with E-state index in [4.69, 9.17) is 9.47 Å². The fourth-order valence-electron chi connectivity index (χ4n) is 5.56. The lowest BCUT2D eigenvalue weighted by Crippen LogP contribution is -2.15. The summed E-state index contributed by atoms with van der Waals surface area (Å²) < 4.78 is 10.8. The topological polar surface area (TPSA) is 118 Å². The van der Waals surface area contributed by atoms with Crippen LogP contribution in [0.1, 0.15) is 0 Å². The molecule has 0 aliphatic rings. The second-order valence-corrected chi connectivity index (χ2v) is 9.16. The maximum atomic E-state index is 13.8. The second-order valence-electron chi connectivity index (χ2n) is 9.16. The van der Waals surface area contributed by atoms with Crippen LogP contribution >= 0.6 is 0 Å². The van der Waals surface area contributed by atoms with Crippen molar-refractivity contribution in [2.75, 3.05) is 14.2 Å². The van der Waals surface area contributed by atoms with E-state index in [9.17, 15) is 19.2 Å². The number of ether oxygens (including phenoxy) is 2. The molecule has 8 nitrogen and oxygen atoms in total. The molecule has 2 N–H and O–H groups in total. The lowest BCUT2D eigenvalue weighted by molar-refractivity contribution is 0.358. The molecule has 1 heterocycles. The van der Waals surface area contributed by atoms with Gasteiger partial charge in [-0.2, -0.15) is 0 Å². The summed E-state index contributed by atoms with van der Waals surface area (Å²) in [5.74, 6) is 0.561. The zero-order chi connectivity index (χ0) is 26.3. The molecule has 0 saturated heterocycles. The molecule has 0 atom stereocenters. The summed E-state index contributed by atoms with van der Waals surface area (Å²) in [6.45, 7) is 0. The van der Waals surface area contributed by atoms with Gasteiger partial charge in [-0.05, 0) is 36.4 Å². The fraction of sp³-hybridized carbons (Fsp3) is 0.0667. The van der Waals surface area contributed by atoms with Crippen LogP contribution in [0.15, 0.2) is 79.8 Å². The predicted octanol–water partition coefficient (Wildman–Crippen LogP) is 4.16. The lowest BCUT2D eigenvalue weighted by atomic mass is 9.99. The van der Waals surface area contributed by atoms with E-state index in [-0.39, 0.29) is 54.4 Å². The largest absolute Gasteiger partial charge is 0.493 e. The van der Waals surface area contributed by atoms with Crippen LogP contribution in [0, 0.1) is 0 Å². The highest BCUT2D eigenvalue weighted by Crippen LogP contribution is 2.34. The SMILES string of the molecule is COc1ccc2c(=O)c3c(ccc4[nH]c5c(ccc6c(=O)c7ccccc7c(=O)c65)[nH]c43)c(=O)c2c1OC. The highest BCUT2D eigenvalue weighted by atomic mass is 16.5. The van der Waals surface area contributed by atoms with E-state index in [1.807, 2.05) is 0 Å². The number of aromatic amines is 2. The summed E-state index contributed by atoms with van der Waals surface area (Å²) in [7, 11) is 2.89. The Morgan fingerprint density at radius 2 is 0.974 bits per heavy atom. The molecular formula is C30H18N2O6. The zero-order valence-corrected chi connectivity index (χ0v) is 20.2. The highest BCUT2D eigenvalue weighted by Gasteiger charge is 2.20. The summed E-state index contributed by atoms with van der Waals surface area (Å²) in [6, 6.07) is 16.5. The van der Waals surface area contributed by atoms with E-state index in [0.717, 1.165) is 0 Å². The first-order valence-electron chi connectivity index (χ1n) is 11.9. The van der Waals surface area contributed by atoms with Crippen LogP contribution in [0.2, 0.25) is 0 Å². The zero-order valence-electron chi connectivity index (χ0n) is 20.2. The lowest BCUT2D eigenvalue weighted by Gasteiger charge is -2.12. The second kappa shape index (κ2) is 7.63. The first-order valence-corrected chi connectivity index (χ1v) is 11.9. The molecule has 6 aromatic carbocycles. The van der Waals surface area contributed by atoms with E-state index < -0.39 is 0 Å². The number of benzene rings is 6.